The predicted octanol–water partition coefficient (Wildman–Crippen LogP) is -0.323. The van der Waals surface area contributed by atoms with Crippen LogP contribution in [0.1, 0.15) is 25.6 Å². The summed E-state index contributed by atoms with van der Waals surface area (Å²) in [5.41, 5.74) is -0.469. The number of ether oxygens (including phenoxy) is 1. The van der Waals surface area contributed by atoms with Gasteiger partial charge in [0.05, 0.1) is 25.9 Å². The molecule has 0 aliphatic carbocycles. The molecule has 0 spiro atoms. The van der Waals surface area contributed by atoms with Gasteiger partial charge in [0.2, 0.25) is 5.91 Å². The summed E-state index contributed by atoms with van der Waals surface area (Å²) < 4.78 is 29.4. The van der Waals surface area contributed by atoms with Crippen LogP contribution in [-0.2, 0) is 34.1 Å². The number of H-pyrrole nitrogens is 1. The van der Waals surface area contributed by atoms with Gasteiger partial charge < -0.3 is 34.6 Å². The van der Waals surface area contributed by atoms with Crippen molar-refractivity contribution in [1.82, 2.24) is 14.9 Å². The lowest BCUT2D eigenvalue weighted by atomic mass is 10.1. The van der Waals surface area contributed by atoms with E-state index in [4.69, 9.17) is 13.8 Å². The van der Waals surface area contributed by atoms with Crippen molar-refractivity contribution in [3.63, 3.8) is 0 Å². The van der Waals surface area contributed by atoms with Crippen LogP contribution in [0.25, 0.3) is 0 Å². The predicted molar refractivity (Wildman–Crippen MR) is 130 cm³/mol. The van der Waals surface area contributed by atoms with Gasteiger partial charge in [-0.25, -0.2) is 4.79 Å². The Morgan fingerprint density at radius 3 is 2.32 bits per heavy atom. The summed E-state index contributed by atoms with van der Waals surface area (Å²) in [4.78, 5) is 49.9. The van der Waals surface area contributed by atoms with Crippen molar-refractivity contribution >= 4 is 25.1 Å². The van der Waals surface area contributed by atoms with Gasteiger partial charge in [0.15, 0.2) is 12.3 Å². The van der Waals surface area contributed by atoms with E-state index in [2.05, 4.69) is 10.6 Å². The van der Waals surface area contributed by atoms with Crippen molar-refractivity contribution in [3.8, 4) is 0 Å². The van der Waals surface area contributed by atoms with Gasteiger partial charge in [0.25, 0.3) is 11.5 Å². The van der Waals surface area contributed by atoms with Crippen molar-refractivity contribution in [2.75, 3.05) is 25.1 Å². The highest BCUT2D eigenvalue weighted by Crippen LogP contribution is 2.51. The molecule has 15 heteroatoms. The molecule has 2 heterocycles. The second-order valence-corrected chi connectivity index (χ2v) is 10.1. The lowest BCUT2D eigenvalue weighted by Gasteiger charge is -2.17. The Morgan fingerprint density at radius 1 is 1.08 bits per heavy atom. The normalized spacial score (nSPS) is 21.5. The number of hydrogen-bond donors (Lipinski definition) is 5. The molecule has 0 unspecified atom stereocenters. The van der Waals surface area contributed by atoms with Gasteiger partial charge in [0, 0.05) is 18.0 Å². The molecule has 1 aromatic carbocycles. The molecule has 2 aromatic rings. The number of aromatic nitrogens is 2. The lowest BCUT2D eigenvalue weighted by molar-refractivity contribution is -0.138. The molecule has 5 N–H and O–H groups in total. The van der Waals surface area contributed by atoms with Gasteiger partial charge in [0.1, 0.15) is 12.2 Å². The summed E-state index contributed by atoms with van der Waals surface area (Å²) in [5.74, 6) is -1.48. The molecule has 4 atom stereocenters. The average Bonchev–Trinajstić information content (AvgIpc) is 3.13. The SMILES string of the molecule is CCOP(=O)(Cc1ccc(NC(=O)CNC(=O)[C@H]2O[C@@H](n3ccc(=O)[nH]c3=O)[C@H](O)[C@@H]2O)cc1)OCC. The Morgan fingerprint density at radius 2 is 1.73 bits per heavy atom. The van der Waals surface area contributed by atoms with E-state index in [0.717, 1.165) is 16.8 Å². The zero-order valence-corrected chi connectivity index (χ0v) is 21.1. The van der Waals surface area contributed by atoms with Gasteiger partial charge in [-0.1, -0.05) is 12.1 Å². The first-order valence-electron chi connectivity index (χ1n) is 11.4. The van der Waals surface area contributed by atoms with Gasteiger partial charge >= 0.3 is 13.3 Å². The summed E-state index contributed by atoms with van der Waals surface area (Å²) in [7, 11) is -3.27. The van der Waals surface area contributed by atoms with E-state index in [9.17, 15) is 34.0 Å². The molecule has 3 rings (SSSR count). The second-order valence-electron chi connectivity index (χ2n) is 8.01. The number of carbonyl (C=O) groups is 2. The minimum absolute atomic E-state index is 0.0701. The highest BCUT2D eigenvalue weighted by Gasteiger charge is 2.47. The van der Waals surface area contributed by atoms with E-state index in [1.807, 2.05) is 4.98 Å². The Kier molecular flexibility index (Phi) is 9.54. The lowest BCUT2D eigenvalue weighted by Crippen LogP contribution is -2.45. The van der Waals surface area contributed by atoms with Crippen LogP contribution in [0.3, 0.4) is 0 Å². The first-order valence-corrected chi connectivity index (χ1v) is 13.2. The number of aliphatic hydroxyl groups is 2. The van der Waals surface area contributed by atoms with Gasteiger partial charge in [-0.3, -0.25) is 28.5 Å². The molecule has 202 valence electrons. The van der Waals surface area contributed by atoms with Gasteiger partial charge in [-0.15, -0.1) is 0 Å². The maximum absolute atomic E-state index is 12.6. The van der Waals surface area contributed by atoms with Crippen LogP contribution in [0.5, 0.6) is 0 Å². The van der Waals surface area contributed by atoms with Crippen LogP contribution in [0.4, 0.5) is 5.69 Å². The zero-order chi connectivity index (χ0) is 27.2. The quantitative estimate of drug-likeness (QED) is 0.235. The number of nitrogens with zero attached hydrogens (tertiary/aromatic N) is 1. The first-order chi connectivity index (χ1) is 17.6. The Labute approximate surface area is 211 Å². The van der Waals surface area contributed by atoms with Crippen LogP contribution in [0.2, 0.25) is 0 Å². The van der Waals surface area contributed by atoms with Crippen molar-refractivity contribution in [2.45, 2.75) is 44.5 Å². The number of rotatable bonds is 11. The van der Waals surface area contributed by atoms with Gasteiger partial charge in [-0.2, -0.15) is 0 Å². The molecule has 1 aliphatic heterocycles. The topological polar surface area (TPSA) is 198 Å². The van der Waals surface area contributed by atoms with E-state index in [0.29, 0.717) is 11.3 Å². The van der Waals surface area contributed by atoms with Crippen LogP contribution >= 0.6 is 7.60 Å². The largest absolute Gasteiger partial charge is 0.387 e. The molecule has 37 heavy (non-hydrogen) atoms. The fraction of sp³-hybridized carbons (Fsp3) is 0.455. The summed E-state index contributed by atoms with van der Waals surface area (Å²) in [6.07, 6.45) is -5.20. The second kappa shape index (κ2) is 12.4. The van der Waals surface area contributed by atoms with E-state index >= 15 is 0 Å². The molecule has 0 radical (unpaired) electrons. The summed E-state index contributed by atoms with van der Waals surface area (Å²) in [6, 6.07) is 7.50. The fourth-order valence-electron chi connectivity index (χ4n) is 3.65. The highest BCUT2D eigenvalue weighted by molar-refractivity contribution is 7.53. The molecule has 2 amide bonds. The fourth-order valence-corrected chi connectivity index (χ4v) is 5.35. The number of aromatic amines is 1. The maximum atomic E-state index is 12.6. The summed E-state index contributed by atoms with van der Waals surface area (Å²) in [6.45, 7) is 3.45. The molecule has 1 aromatic heterocycles. The Bertz CT molecular complexity index is 1250. The first kappa shape index (κ1) is 28.4. The van der Waals surface area contributed by atoms with Crippen LogP contribution in [-0.4, -0.2) is 69.6 Å². The summed E-state index contributed by atoms with van der Waals surface area (Å²) >= 11 is 0. The van der Waals surface area contributed by atoms with Crippen LogP contribution in [0, 0.1) is 0 Å². The van der Waals surface area contributed by atoms with E-state index < -0.39 is 61.7 Å². The molecular formula is C22H29N4O10P. The number of nitrogens with one attached hydrogen (secondary N) is 3. The van der Waals surface area contributed by atoms with E-state index in [1.54, 1.807) is 38.1 Å². The van der Waals surface area contributed by atoms with Crippen molar-refractivity contribution < 1.29 is 38.2 Å². The van der Waals surface area contributed by atoms with Crippen molar-refractivity contribution in [3.05, 3.63) is 62.9 Å². The Balaban J connectivity index is 1.54. The molecule has 0 saturated carbocycles. The number of benzene rings is 1. The zero-order valence-electron chi connectivity index (χ0n) is 20.2. The third-order valence-corrected chi connectivity index (χ3v) is 7.37. The van der Waals surface area contributed by atoms with Crippen molar-refractivity contribution in [1.29, 1.82) is 0 Å². The van der Waals surface area contributed by atoms with Crippen molar-refractivity contribution in [2.24, 2.45) is 0 Å². The minimum atomic E-state index is -3.27. The average molecular weight is 540 g/mol. The number of hydrogen-bond acceptors (Lipinski definition) is 10. The standard InChI is InChI=1S/C22H29N4O10P/c1-3-34-37(33,35-4-2)12-13-5-7-14(8-6-13)24-16(28)11-23-20(31)19-17(29)18(30)21(36-19)26-10-9-15(27)25-22(26)32/h5-10,17-19,21,29-30H,3-4,11-12H2,1-2H3,(H,23,31)(H,24,28)(H,25,27,32)/t17-,18+,19-,21+/m0/s1. The smallest absolute Gasteiger partial charge is 0.335 e. The third-order valence-electron chi connectivity index (χ3n) is 5.31. The molecule has 1 saturated heterocycles. The maximum Gasteiger partial charge on any atom is 0.335 e. The number of carbonyl (C=O) groups excluding carboxylic acids is 2. The number of aliphatic hydroxyl groups excluding tert-OH is 2. The molecule has 1 aliphatic rings. The number of amides is 2. The minimum Gasteiger partial charge on any atom is -0.387 e. The highest BCUT2D eigenvalue weighted by atomic mass is 31.2. The Hall–Kier alpha value is -3.13. The molecule has 1 fully saturated rings. The molecule has 14 nitrogen and oxygen atoms in total. The van der Waals surface area contributed by atoms with Crippen LogP contribution in [0.15, 0.2) is 46.1 Å². The third kappa shape index (κ3) is 7.22. The van der Waals surface area contributed by atoms with E-state index in [-0.39, 0.29) is 19.4 Å². The number of anilines is 1. The van der Waals surface area contributed by atoms with E-state index in [1.165, 1.54) is 0 Å². The van der Waals surface area contributed by atoms with Gasteiger partial charge in [-0.05, 0) is 31.5 Å². The molecule has 0 bridgehead atoms. The molecular weight excluding hydrogens is 511 g/mol. The summed E-state index contributed by atoms with van der Waals surface area (Å²) in [5, 5.41) is 25.3. The monoisotopic (exact) mass is 540 g/mol. The van der Waals surface area contributed by atoms with Crippen LogP contribution < -0.4 is 21.9 Å².